The van der Waals surface area contributed by atoms with E-state index in [4.69, 9.17) is 0 Å². The number of sulfonamides is 1. The molecule has 0 spiro atoms. The number of hydrogen-bond donors (Lipinski definition) is 1. The molecule has 1 heterocycles. The van der Waals surface area contributed by atoms with Crippen LogP contribution in [0.25, 0.3) is 0 Å². The van der Waals surface area contributed by atoms with E-state index in [1.807, 2.05) is 0 Å². The highest BCUT2D eigenvalue weighted by atomic mass is 32.2. The van der Waals surface area contributed by atoms with Crippen molar-refractivity contribution in [3.63, 3.8) is 0 Å². The Morgan fingerprint density at radius 1 is 1.19 bits per heavy atom. The minimum atomic E-state index is -3.65. The molecule has 2 aromatic rings. The number of thiophene rings is 1. The smallest absolute Gasteiger partial charge is 0.262 e. The van der Waals surface area contributed by atoms with Gasteiger partial charge in [0.15, 0.2) is 5.78 Å². The summed E-state index contributed by atoms with van der Waals surface area (Å²) in [5, 5.41) is 0.455. The second kappa shape index (κ2) is 5.27. The molecule has 1 N–H and O–H groups in total. The number of rotatable bonds is 4. The standard InChI is InChI=1S/C15H15NO3S2/c1-10(17)14-12-8-5-9-13(12)20-15(14)16-21(18,19)11-6-3-2-4-7-11/h2-4,6-7,16H,5,8-9H2,1H3. The molecule has 0 saturated heterocycles. The van der Waals surface area contributed by atoms with Crippen LogP contribution in [-0.2, 0) is 22.9 Å². The molecular weight excluding hydrogens is 306 g/mol. The molecule has 0 fully saturated rings. The molecule has 0 amide bonds. The molecule has 3 rings (SSSR count). The number of aryl methyl sites for hydroxylation is 1. The zero-order valence-electron chi connectivity index (χ0n) is 11.5. The van der Waals surface area contributed by atoms with Gasteiger partial charge in [-0.3, -0.25) is 9.52 Å². The van der Waals surface area contributed by atoms with Crippen LogP contribution >= 0.6 is 11.3 Å². The molecule has 1 aliphatic carbocycles. The van der Waals surface area contributed by atoms with E-state index in [-0.39, 0.29) is 10.7 Å². The van der Waals surface area contributed by atoms with Gasteiger partial charge in [-0.2, -0.15) is 0 Å². The Kier molecular flexibility index (Phi) is 3.59. The quantitative estimate of drug-likeness (QED) is 0.879. The van der Waals surface area contributed by atoms with Gasteiger partial charge in [0.1, 0.15) is 5.00 Å². The Labute approximate surface area is 127 Å². The molecule has 6 heteroatoms. The van der Waals surface area contributed by atoms with Gasteiger partial charge in [0, 0.05) is 4.88 Å². The van der Waals surface area contributed by atoms with E-state index in [0.717, 1.165) is 29.7 Å². The number of ketones is 1. The molecule has 0 aliphatic heterocycles. The summed E-state index contributed by atoms with van der Waals surface area (Å²) in [6, 6.07) is 8.19. The van der Waals surface area contributed by atoms with E-state index in [9.17, 15) is 13.2 Å². The van der Waals surface area contributed by atoms with Crippen LogP contribution in [-0.4, -0.2) is 14.2 Å². The van der Waals surface area contributed by atoms with Gasteiger partial charge in [-0.15, -0.1) is 11.3 Å². The summed E-state index contributed by atoms with van der Waals surface area (Å²) in [5.41, 5.74) is 1.57. The lowest BCUT2D eigenvalue weighted by Gasteiger charge is -2.08. The second-order valence-electron chi connectivity index (χ2n) is 5.04. The number of carbonyl (C=O) groups is 1. The lowest BCUT2D eigenvalue weighted by molar-refractivity contribution is 0.101. The van der Waals surface area contributed by atoms with Crippen molar-refractivity contribution in [1.29, 1.82) is 0 Å². The van der Waals surface area contributed by atoms with Crippen LogP contribution in [0.4, 0.5) is 5.00 Å². The van der Waals surface area contributed by atoms with Crippen molar-refractivity contribution in [3.05, 3.63) is 46.3 Å². The van der Waals surface area contributed by atoms with E-state index in [1.54, 1.807) is 18.2 Å². The van der Waals surface area contributed by atoms with Crippen molar-refractivity contribution < 1.29 is 13.2 Å². The van der Waals surface area contributed by atoms with E-state index in [1.165, 1.54) is 30.4 Å². The zero-order valence-corrected chi connectivity index (χ0v) is 13.2. The van der Waals surface area contributed by atoms with Gasteiger partial charge in [0.2, 0.25) is 0 Å². The van der Waals surface area contributed by atoms with Gasteiger partial charge in [-0.25, -0.2) is 8.42 Å². The predicted molar refractivity (Wildman–Crippen MR) is 83.6 cm³/mol. The first-order chi connectivity index (χ1) is 9.99. The first kappa shape index (κ1) is 14.3. The summed E-state index contributed by atoms with van der Waals surface area (Å²) in [4.78, 5) is 13.2. The van der Waals surface area contributed by atoms with Crippen LogP contribution in [0.2, 0.25) is 0 Å². The van der Waals surface area contributed by atoms with E-state index >= 15 is 0 Å². The third-order valence-corrected chi connectivity index (χ3v) is 6.26. The molecule has 110 valence electrons. The molecule has 1 aromatic carbocycles. The minimum Gasteiger partial charge on any atom is -0.294 e. The van der Waals surface area contributed by atoms with Crippen LogP contribution in [0.3, 0.4) is 0 Å². The Balaban J connectivity index is 2.01. The highest BCUT2D eigenvalue weighted by Crippen LogP contribution is 2.40. The number of benzene rings is 1. The predicted octanol–water partition coefficient (Wildman–Crippen LogP) is 3.24. The first-order valence-electron chi connectivity index (χ1n) is 6.72. The largest absolute Gasteiger partial charge is 0.294 e. The fraction of sp³-hybridized carbons (Fsp3) is 0.267. The highest BCUT2D eigenvalue weighted by Gasteiger charge is 2.27. The third-order valence-electron chi connectivity index (χ3n) is 3.55. The summed E-state index contributed by atoms with van der Waals surface area (Å²) >= 11 is 1.39. The Hall–Kier alpha value is -1.66. The normalized spacial score (nSPS) is 14.0. The van der Waals surface area contributed by atoms with E-state index in [0.29, 0.717) is 10.6 Å². The molecule has 4 nitrogen and oxygen atoms in total. The minimum absolute atomic E-state index is 0.0832. The van der Waals surface area contributed by atoms with Gasteiger partial charge in [-0.05, 0) is 43.9 Å². The van der Waals surface area contributed by atoms with Gasteiger partial charge < -0.3 is 0 Å². The molecule has 0 atom stereocenters. The molecule has 0 saturated carbocycles. The van der Waals surface area contributed by atoms with Crippen molar-refractivity contribution in [1.82, 2.24) is 0 Å². The van der Waals surface area contributed by atoms with E-state index < -0.39 is 10.0 Å². The van der Waals surface area contributed by atoms with Crippen molar-refractivity contribution in [2.45, 2.75) is 31.1 Å². The number of nitrogens with one attached hydrogen (secondary N) is 1. The number of carbonyl (C=O) groups excluding carboxylic acids is 1. The van der Waals surface area contributed by atoms with Crippen LogP contribution in [0.1, 0.15) is 34.1 Å². The summed E-state index contributed by atoms with van der Waals surface area (Å²) in [5.74, 6) is -0.0832. The van der Waals surface area contributed by atoms with Gasteiger partial charge in [0.05, 0.1) is 10.5 Å². The zero-order chi connectivity index (χ0) is 15.0. The average Bonchev–Trinajstić information content (AvgIpc) is 2.99. The summed E-state index contributed by atoms with van der Waals surface area (Å²) in [7, 11) is -3.65. The Bertz CT molecular complexity index is 792. The second-order valence-corrected chi connectivity index (χ2v) is 7.82. The topological polar surface area (TPSA) is 63.2 Å². The SMILES string of the molecule is CC(=O)c1c(NS(=O)(=O)c2ccccc2)sc2c1CCC2. The maximum atomic E-state index is 12.4. The highest BCUT2D eigenvalue weighted by molar-refractivity contribution is 7.93. The molecule has 0 unspecified atom stereocenters. The third kappa shape index (κ3) is 2.61. The summed E-state index contributed by atoms with van der Waals surface area (Å²) in [6.07, 6.45) is 2.81. The van der Waals surface area contributed by atoms with Crippen molar-refractivity contribution >= 4 is 32.1 Å². The van der Waals surface area contributed by atoms with Gasteiger partial charge >= 0.3 is 0 Å². The fourth-order valence-electron chi connectivity index (χ4n) is 2.63. The monoisotopic (exact) mass is 321 g/mol. The Morgan fingerprint density at radius 2 is 1.90 bits per heavy atom. The maximum Gasteiger partial charge on any atom is 0.262 e. The average molecular weight is 321 g/mol. The number of Topliss-reactive ketones (excluding diaryl/α,β-unsaturated/α-hetero) is 1. The molecular formula is C15H15NO3S2. The summed E-state index contributed by atoms with van der Waals surface area (Å²) < 4.78 is 27.4. The molecule has 21 heavy (non-hydrogen) atoms. The van der Waals surface area contributed by atoms with E-state index in [2.05, 4.69) is 4.72 Å². The fourth-order valence-corrected chi connectivity index (χ4v) is 5.29. The van der Waals surface area contributed by atoms with Crippen molar-refractivity contribution in [3.8, 4) is 0 Å². The molecule has 0 bridgehead atoms. The Morgan fingerprint density at radius 3 is 2.57 bits per heavy atom. The maximum absolute atomic E-state index is 12.4. The lowest BCUT2D eigenvalue weighted by atomic mass is 10.1. The molecule has 1 aliphatic rings. The van der Waals surface area contributed by atoms with Crippen molar-refractivity contribution in [2.24, 2.45) is 0 Å². The van der Waals surface area contributed by atoms with Gasteiger partial charge in [0.25, 0.3) is 10.0 Å². The van der Waals surface area contributed by atoms with Crippen LogP contribution < -0.4 is 4.72 Å². The van der Waals surface area contributed by atoms with Gasteiger partial charge in [-0.1, -0.05) is 18.2 Å². The van der Waals surface area contributed by atoms with Crippen molar-refractivity contribution in [2.75, 3.05) is 4.72 Å². The van der Waals surface area contributed by atoms with Crippen LogP contribution in [0.15, 0.2) is 35.2 Å². The molecule has 1 aromatic heterocycles. The van der Waals surface area contributed by atoms with Crippen LogP contribution in [0, 0.1) is 0 Å². The number of hydrogen-bond acceptors (Lipinski definition) is 4. The first-order valence-corrected chi connectivity index (χ1v) is 9.02. The molecule has 0 radical (unpaired) electrons. The van der Waals surface area contributed by atoms with Crippen LogP contribution in [0.5, 0.6) is 0 Å². The lowest BCUT2D eigenvalue weighted by Crippen LogP contribution is -2.14. The number of anilines is 1. The number of fused-ring (bicyclic) bond motifs is 1. The summed E-state index contributed by atoms with van der Waals surface area (Å²) in [6.45, 7) is 1.49.